The lowest BCUT2D eigenvalue weighted by atomic mass is 9.95. The number of halogens is 4. The molecule has 0 radical (unpaired) electrons. The zero-order valence-electron chi connectivity index (χ0n) is 13.6. The van der Waals surface area contributed by atoms with Crippen molar-refractivity contribution in [3.63, 3.8) is 0 Å². The van der Waals surface area contributed by atoms with Gasteiger partial charge in [0.2, 0.25) is 9.70 Å². The van der Waals surface area contributed by atoms with Crippen LogP contribution >= 0.6 is 69.6 Å². The van der Waals surface area contributed by atoms with E-state index >= 15 is 0 Å². The van der Waals surface area contributed by atoms with Gasteiger partial charge in [-0.05, 0) is 65.5 Å². The van der Waals surface area contributed by atoms with E-state index in [0.29, 0.717) is 0 Å². The summed E-state index contributed by atoms with van der Waals surface area (Å²) in [5.74, 6) is -0.264. The Morgan fingerprint density at radius 1 is 1.21 bits per heavy atom. The molecule has 3 N–H and O–H groups in total. The van der Waals surface area contributed by atoms with Crippen molar-refractivity contribution < 1.29 is 4.79 Å². The molecule has 134 valence electrons. The van der Waals surface area contributed by atoms with Crippen molar-refractivity contribution in [3.8, 4) is 0 Å². The van der Waals surface area contributed by atoms with Gasteiger partial charge in [0.15, 0.2) is 5.11 Å². The molecule has 1 aromatic carbocycles. The predicted octanol–water partition coefficient (Wildman–Crippen LogP) is 4.74. The third kappa shape index (κ3) is 7.07. The van der Waals surface area contributed by atoms with Gasteiger partial charge in [0, 0.05) is 14.7 Å². The molecule has 0 aromatic heterocycles. The van der Waals surface area contributed by atoms with Crippen molar-refractivity contribution in [3.05, 3.63) is 27.3 Å². The van der Waals surface area contributed by atoms with Gasteiger partial charge >= 0.3 is 0 Å². The number of amides is 1. The second kappa shape index (κ2) is 8.58. The Kier molecular flexibility index (Phi) is 7.87. The lowest BCUT2D eigenvalue weighted by Crippen LogP contribution is -2.58. The fraction of sp³-hybridized carbons (Fsp3) is 0.467. The SMILES string of the molecule is Cc1cc(I)ccc1NC(=S)NC(NC(=O)C(C)(C)C)C(Cl)(Cl)Cl. The van der Waals surface area contributed by atoms with E-state index in [1.807, 2.05) is 25.1 Å². The molecule has 24 heavy (non-hydrogen) atoms. The molecule has 0 fully saturated rings. The summed E-state index contributed by atoms with van der Waals surface area (Å²) in [6.07, 6.45) is -0.974. The van der Waals surface area contributed by atoms with Crippen LogP contribution < -0.4 is 16.0 Å². The van der Waals surface area contributed by atoms with Gasteiger partial charge in [-0.25, -0.2) is 0 Å². The molecular weight excluding hydrogens is 504 g/mol. The van der Waals surface area contributed by atoms with Gasteiger partial charge in [-0.3, -0.25) is 4.79 Å². The second-order valence-electron chi connectivity index (χ2n) is 6.26. The fourth-order valence-electron chi connectivity index (χ4n) is 1.60. The molecule has 4 nitrogen and oxygen atoms in total. The Balaban J connectivity index is 2.83. The van der Waals surface area contributed by atoms with Gasteiger partial charge in [-0.1, -0.05) is 55.6 Å². The normalized spacial score (nSPS) is 13.2. The first-order chi connectivity index (χ1) is 10.8. The number of hydrogen-bond donors (Lipinski definition) is 3. The predicted molar refractivity (Wildman–Crippen MR) is 115 cm³/mol. The summed E-state index contributed by atoms with van der Waals surface area (Å²) in [5.41, 5.74) is 1.23. The van der Waals surface area contributed by atoms with E-state index < -0.39 is 15.4 Å². The molecule has 0 heterocycles. The molecule has 0 saturated carbocycles. The minimum atomic E-state index is -1.77. The summed E-state index contributed by atoms with van der Waals surface area (Å²) in [6.45, 7) is 7.26. The lowest BCUT2D eigenvalue weighted by Gasteiger charge is -2.30. The quantitative estimate of drug-likeness (QED) is 0.232. The van der Waals surface area contributed by atoms with Crippen molar-refractivity contribution in [1.82, 2.24) is 10.6 Å². The molecule has 0 saturated heterocycles. The first-order valence-electron chi connectivity index (χ1n) is 7.02. The number of carbonyl (C=O) groups excluding carboxylic acids is 1. The van der Waals surface area contributed by atoms with Crippen LogP contribution in [0.15, 0.2) is 18.2 Å². The molecule has 0 aliphatic heterocycles. The van der Waals surface area contributed by atoms with Gasteiger partial charge in [0.1, 0.15) is 6.17 Å². The Morgan fingerprint density at radius 3 is 2.25 bits per heavy atom. The number of carbonyl (C=O) groups is 1. The molecule has 0 aliphatic carbocycles. The number of hydrogen-bond acceptors (Lipinski definition) is 2. The highest BCUT2D eigenvalue weighted by Gasteiger charge is 2.36. The minimum absolute atomic E-state index is 0.241. The fourth-order valence-corrected chi connectivity index (χ4v) is 2.81. The lowest BCUT2D eigenvalue weighted by molar-refractivity contribution is -0.129. The number of nitrogens with one attached hydrogen (secondary N) is 3. The number of alkyl halides is 3. The molecular formula is C15H19Cl3IN3OS. The van der Waals surface area contributed by atoms with E-state index in [9.17, 15) is 4.79 Å². The van der Waals surface area contributed by atoms with Crippen molar-refractivity contribution in [1.29, 1.82) is 0 Å². The van der Waals surface area contributed by atoms with Gasteiger partial charge in [0.05, 0.1) is 0 Å². The molecule has 1 atom stereocenters. The topological polar surface area (TPSA) is 53.2 Å². The second-order valence-corrected chi connectivity index (χ2v) is 10.3. The minimum Gasteiger partial charge on any atom is -0.339 e. The summed E-state index contributed by atoms with van der Waals surface area (Å²) in [5, 5.41) is 8.79. The zero-order chi connectivity index (χ0) is 18.7. The molecule has 0 bridgehead atoms. The van der Waals surface area contributed by atoms with E-state index in [4.69, 9.17) is 47.0 Å². The zero-order valence-corrected chi connectivity index (χ0v) is 18.9. The van der Waals surface area contributed by atoms with Gasteiger partial charge < -0.3 is 16.0 Å². The van der Waals surface area contributed by atoms with Crippen LogP contribution in [0.4, 0.5) is 5.69 Å². The molecule has 9 heteroatoms. The van der Waals surface area contributed by atoms with E-state index in [1.165, 1.54) is 0 Å². The third-order valence-electron chi connectivity index (χ3n) is 3.00. The smallest absolute Gasteiger partial charge is 0.228 e. The van der Waals surface area contributed by atoms with Gasteiger partial charge in [0.25, 0.3) is 0 Å². The van der Waals surface area contributed by atoms with Crippen molar-refractivity contribution in [2.24, 2.45) is 5.41 Å². The van der Waals surface area contributed by atoms with Crippen LogP contribution in [0.25, 0.3) is 0 Å². The largest absolute Gasteiger partial charge is 0.339 e. The average Bonchev–Trinajstić information content (AvgIpc) is 2.39. The average molecular weight is 523 g/mol. The van der Waals surface area contributed by atoms with Crippen LogP contribution in [0, 0.1) is 15.9 Å². The number of benzene rings is 1. The number of anilines is 1. The van der Waals surface area contributed by atoms with Crippen molar-refractivity contribution in [2.75, 3.05) is 5.32 Å². The molecule has 1 rings (SSSR count). The first kappa shape index (κ1) is 22.0. The number of aryl methyl sites for hydroxylation is 1. The van der Waals surface area contributed by atoms with Crippen molar-refractivity contribution >= 4 is 86.3 Å². The van der Waals surface area contributed by atoms with Gasteiger partial charge in [-0.15, -0.1) is 0 Å². The van der Waals surface area contributed by atoms with Crippen LogP contribution in [-0.4, -0.2) is 21.0 Å². The summed E-state index contributed by atoms with van der Waals surface area (Å²) in [6, 6.07) is 5.87. The summed E-state index contributed by atoms with van der Waals surface area (Å²) in [7, 11) is 0. The Hall–Kier alpha value is -0.0200. The van der Waals surface area contributed by atoms with Crippen LogP contribution in [0.2, 0.25) is 0 Å². The number of thiocarbonyl (C=S) groups is 1. The summed E-state index contributed by atoms with van der Waals surface area (Å²) >= 11 is 25.4. The first-order valence-corrected chi connectivity index (χ1v) is 9.64. The standard InChI is InChI=1S/C15H19Cl3IN3OS/c1-8-7-9(19)5-6-10(8)20-13(24)22-11(15(16,17)18)21-12(23)14(2,3)4/h5-7,11H,1-4H3,(H,21,23)(H2,20,22,24). The van der Waals surface area contributed by atoms with Crippen LogP contribution in [0.3, 0.4) is 0 Å². The van der Waals surface area contributed by atoms with E-state index in [0.717, 1.165) is 14.8 Å². The maximum absolute atomic E-state index is 12.2. The molecule has 1 unspecified atom stereocenters. The highest BCUT2D eigenvalue weighted by atomic mass is 127. The third-order valence-corrected chi connectivity index (χ3v) is 4.54. The van der Waals surface area contributed by atoms with E-state index in [-0.39, 0.29) is 11.0 Å². The number of rotatable bonds is 3. The molecule has 1 aromatic rings. The van der Waals surface area contributed by atoms with Crippen molar-refractivity contribution in [2.45, 2.75) is 37.7 Å². The Labute approximate surface area is 176 Å². The van der Waals surface area contributed by atoms with Crippen LogP contribution in [-0.2, 0) is 4.79 Å². The monoisotopic (exact) mass is 521 g/mol. The highest BCUT2D eigenvalue weighted by molar-refractivity contribution is 14.1. The van der Waals surface area contributed by atoms with E-state index in [2.05, 4.69) is 38.5 Å². The summed E-state index contributed by atoms with van der Waals surface area (Å²) in [4.78, 5) is 12.2. The van der Waals surface area contributed by atoms with Crippen LogP contribution in [0.1, 0.15) is 26.3 Å². The molecule has 1 amide bonds. The van der Waals surface area contributed by atoms with Crippen LogP contribution in [0.5, 0.6) is 0 Å². The van der Waals surface area contributed by atoms with Gasteiger partial charge in [-0.2, -0.15) is 0 Å². The highest BCUT2D eigenvalue weighted by Crippen LogP contribution is 2.30. The maximum atomic E-state index is 12.2. The maximum Gasteiger partial charge on any atom is 0.228 e. The molecule has 0 aliphatic rings. The Bertz CT molecular complexity index is 629. The Morgan fingerprint density at radius 2 is 1.79 bits per heavy atom. The molecule has 0 spiro atoms. The summed E-state index contributed by atoms with van der Waals surface area (Å²) < 4.78 is -0.653. The van der Waals surface area contributed by atoms with E-state index in [1.54, 1.807) is 20.8 Å².